The normalized spacial score (nSPS) is 11.2. The van der Waals surface area contributed by atoms with Crippen molar-refractivity contribution in [3.63, 3.8) is 0 Å². The van der Waals surface area contributed by atoms with Gasteiger partial charge >= 0.3 is 10.1 Å². The van der Waals surface area contributed by atoms with Gasteiger partial charge in [-0.2, -0.15) is 4.39 Å². The molecule has 0 aliphatic rings. The zero-order valence-electron chi connectivity index (χ0n) is 7.16. The Balaban J connectivity index is 2.90. The van der Waals surface area contributed by atoms with Crippen molar-refractivity contribution < 1.29 is 13.6 Å². The number of hydrogen-bond donors (Lipinski definition) is 0. The molecule has 82 valence electrons. The van der Waals surface area contributed by atoms with Crippen LogP contribution in [0.1, 0.15) is 0 Å². The monoisotopic (exact) mass is 271 g/mol. The van der Waals surface area contributed by atoms with Crippen LogP contribution in [0.5, 0.6) is 0 Å². The molecule has 0 aromatic heterocycles. The number of halogens is 4. The van der Waals surface area contributed by atoms with Crippen LogP contribution in [-0.2, 0) is 0 Å². The van der Waals surface area contributed by atoms with Gasteiger partial charge in [-0.05, 0) is 12.1 Å². The van der Waals surface area contributed by atoms with E-state index in [1.165, 1.54) is 12.1 Å². The largest absolute Gasteiger partial charge is 0.415 e. The summed E-state index contributed by atoms with van der Waals surface area (Å²) in [4.78, 5) is 10.6. The van der Waals surface area contributed by atoms with Crippen LogP contribution in [0.3, 0.4) is 0 Å². The Hall–Kier alpha value is -0.520. The Kier molecular flexibility index (Phi) is 4.19. The SMILES string of the molecule is O=C(F)N(SC(F)(Cl)Cl)c1ccccc1. The smallest absolute Gasteiger partial charge is 0.233 e. The van der Waals surface area contributed by atoms with Gasteiger partial charge in [0, 0.05) is 11.9 Å². The van der Waals surface area contributed by atoms with Crippen molar-refractivity contribution in [3.8, 4) is 0 Å². The van der Waals surface area contributed by atoms with Crippen LogP contribution < -0.4 is 4.31 Å². The minimum Gasteiger partial charge on any atom is -0.233 e. The number of amides is 1. The van der Waals surface area contributed by atoms with Gasteiger partial charge < -0.3 is 0 Å². The number of anilines is 1. The summed E-state index contributed by atoms with van der Waals surface area (Å²) < 4.78 is 23.0. The predicted octanol–water partition coefficient (Wildman–Crippen LogP) is 4.29. The van der Waals surface area contributed by atoms with Crippen LogP contribution in [0.2, 0.25) is 0 Å². The van der Waals surface area contributed by atoms with Gasteiger partial charge in [0.15, 0.2) is 0 Å². The molecular formula is C8H5Cl2F2NOS. The first-order valence-corrected chi connectivity index (χ1v) is 5.23. The minimum atomic E-state index is -2.77. The lowest BCUT2D eigenvalue weighted by molar-refractivity contribution is 0.232. The predicted molar refractivity (Wildman–Crippen MR) is 58.6 cm³/mol. The fourth-order valence-electron chi connectivity index (χ4n) is 0.857. The minimum absolute atomic E-state index is 0.0360. The van der Waals surface area contributed by atoms with Crippen molar-refractivity contribution in [1.29, 1.82) is 0 Å². The average molecular weight is 272 g/mol. The van der Waals surface area contributed by atoms with Crippen molar-refractivity contribution in [1.82, 2.24) is 0 Å². The molecule has 1 amide bonds. The molecule has 0 saturated carbocycles. The Bertz CT molecular complexity index is 344. The molecule has 0 atom stereocenters. The fourth-order valence-corrected chi connectivity index (χ4v) is 1.78. The van der Waals surface area contributed by atoms with Crippen LogP contribution in [0.15, 0.2) is 30.3 Å². The lowest BCUT2D eigenvalue weighted by Crippen LogP contribution is -2.22. The number of hydrogen-bond acceptors (Lipinski definition) is 2. The third kappa shape index (κ3) is 4.24. The highest BCUT2D eigenvalue weighted by molar-refractivity contribution is 8.04. The molecule has 0 fully saturated rings. The molecule has 1 aromatic rings. The maximum Gasteiger partial charge on any atom is 0.415 e. The van der Waals surface area contributed by atoms with Gasteiger partial charge in [-0.15, -0.1) is 4.39 Å². The maximum atomic E-state index is 12.8. The van der Waals surface area contributed by atoms with Crippen LogP contribution in [-0.4, -0.2) is 10.1 Å². The summed E-state index contributed by atoms with van der Waals surface area (Å²) in [6.45, 7) is 0. The first-order chi connectivity index (χ1) is 6.90. The van der Waals surface area contributed by atoms with Crippen molar-refractivity contribution in [2.75, 3.05) is 4.31 Å². The van der Waals surface area contributed by atoms with E-state index in [1.807, 2.05) is 0 Å². The van der Waals surface area contributed by atoms with Crippen LogP contribution in [0.25, 0.3) is 0 Å². The molecule has 0 unspecified atom stereocenters. The van der Waals surface area contributed by atoms with Crippen LogP contribution in [0.4, 0.5) is 19.3 Å². The summed E-state index contributed by atoms with van der Waals surface area (Å²) in [7, 11) is 0. The van der Waals surface area contributed by atoms with Crippen molar-refractivity contribution in [3.05, 3.63) is 30.3 Å². The van der Waals surface area contributed by atoms with E-state index in [9.17, 15) is 13.6 Å². The Morgan fingerprint density at radius 3 is 2.27 bits per heavy atom. The van der Waals surface area contributed by atoms with E-state index in [2.05, 4.69) is 0 Å². The van der Waals surface area contributed by atoms with Crippen molar-refractivity contribution in [2.45, 2.75) is 3.92 Å². The van der Waals surface area contributed by atoms with Gasteiger partial charge in [0.2, 0.25) is 0 Å². The van der Waals surface area contributed by atoms with E-state index < -0.39 is 10.1 Å². The molecule has 0 N–H and O–H groups in total. The number of para-hydroxylation sites is 1. The highest BCUT2D eigenvalue weighted by atomic mass is 35.5. The summed E-state index contributed by atoms with van der Waals surface area (Å²) >= 11 is 10.1. The summed E-state index contributed by atoms with van der Waals surface area (Å²) in [6, 6.07) is 7.63. The lowest BCUT2D eigenvalue weighted by Gasteiger charge is -2.19. The van der Waals surface area contributed by atoms with E-state index in [0.29, 0.717) is 4.31 Å². The number of nitrogens with zero attached hydrogens (tertiary/aromatic N) is 1. The molecule has 0 heterocycles. The summed E-state index contributed by atoms with van der Waals surface area (Å²) in [5.74, 6) is 0. The molecular weight excluding hydrogens is 267 g/mol. The first kappa shape index (κ1) is 12.5. The van der Waals surface area contributed by atoms with Gasteiger partial charge in [-0.25, -0.2) is 9.10 Å². The first-order valence-electron chi connectivity index (χ1n) is 3.70. The highest BCUT2D eigenvalue weighted by Crippen LogP contribution is 2.40. The van der Waals surface area contributed by atoms with Gasteiger partial charge in [0.05, 0.1) is 5.69 Å². The topological polar surface area (TPSA) is 20.3 Å². The molecule has 1 aromatic carbocycles. The zero-order chi connectivity index (χ0) is 11.5. The summed E-state index contributed by atoms with van der Waals surface area (Å²) in [5.41, 5.74) is 0.151. The second-order valence-electron chi connectivity index (χ2n) is 2.42. The van der Waals surface area contributed by atoms with Gasteiger partial charge in [-0.1, -0.05) is 41.4 Å². The van der Waals surface area contributed by atoms with E-state index in [1.54, 1.807) is 18.2 Å². The Morgan fingerprint density at radius 1 is 1.33 bits per heavy atom. The van der Waals surface area contributed by atoms with Crippen LogP contribution >= 0.6 is 35.1 Å². The second kappa shape index (κ2) is 5.01. The number of alkyl halides is 3. The van der Waals surface area contributed by atoms with Crippen molar-refractivity contribution >= 4 is 47.0 Å². The molecule has 0 aliphatic heterocycles. The molecule has 0 saturated heterocycles. The lowest BCUT2D eigenvalue weighted by atomic mass is 10.3. The zero-order valence-corrected chi connectivity index (χ0v) is 9.49. The van der Waals surface area contributed by atoms with Gasteiger partial charge in [0.25, 0.3) is 0 Å². The molecule has 15 heavy (non-hydrogen) atoms. The molecule has 0 aliphatic carbocycles. The number of rotatable bonds is 3. The van der Waals surface area contributed by atoms with Gasteiger partial charge in [0.1, 0.15) is 0 Å². The quantitative estimate of drug-likeness (QED) is 0.354. The number of benzene rings is 1. The van der Waals surface area contributed by atoms with E-state index in [4.69, 9.17) is 23.2 Å². The molecule has 2 nitrogen and oxygen atoms in total. The van der Waals surface area contributed by atoms with E-state index in [0.717, 1.165) is 0 Å². The molecule has 7 heteroatoms. The van der Waals surface area contributed by atoms with E-state index >= 15 is 0 Å². The van der Waals surface area contributed by atoms with Crippen LogP contribution in [0, 0.1) is 0 Å². The summed E-state index contributed by atoms with van der Waals surface area (Å²) in [6.07, 6.45) is -1.85. The van der Waals surface area contributed by atoms with E-state index in [-0.39, 0.29) is 17.6 Å². The average Bonchev–Trinajstić information content (AvgIpc) is 2.14. The van der Waals surface area contributed by atoms with Crippen molar-refractivity contribution in [2.24, 2.45) is 0 Å². The third-order valence-electron chi connectivity index (χ3n) is 1.35. The molecule has 0 bridgehead atoms. The summed E-state index contributed by atoms with van der Waals surface area (Å²) in [5, 5.41) is 0. The van der Waals surface area contributed by atoms with Gasteiger partial charge in [-0.3, -0.25) is 0 Å². The molecule has 1 rings (SSSR count). The molecule has 0 radical (unpaired) electrons. The second-order valence-corrected chi connectivity index (χ2v) is 5.21. The molecule has 0 spiro atoms. The number of carbonyl (C=O) groups excluding carboxylic acids is 1. The maximum absolute atomic E-state index is 12.8. The third-order valence-corrected chi connectivity index (χ3v) is 2.50. The fraction of sp³-hybridized carbons (Fsp3) is 0.125. The number of carbonyl (C=O) groups is 1. The standard InChI is InChI=1S/C8H5Cl2F2NOS/c9-8(10,12)15-13(7(11)14)6-4-2-1-3-5-6/h1-5H. The Labute approximate surface area is 99.3 Å². The highest BCUT2D eigenvalue weighted by Gasteiger charge is 2.31. The Morgan fingerprint density at radius 2 is 1.87 bits per heavy atom.